The third-order valence-corrected chi connectivity index (χ3v) is 4.35. The van der Waals surface area contributed by atoms with Gasteiger partial charge in [-0.3, -0.25) is 4.79 Å². The molecule has 8 nitrogen and oxygen atoms in total. The van der Waals surface area contributed by atoms with Crippen molar-refractivity contribution in [1.82, 2.24) is 5.43 Å². The number of halogens is 1. The van der Waals surface area contributed by atoms with E-state index in [0.29, 0.717) is 17.1 Å². The fourth-order valence-corrected chi connectivity index (χ4v) is 2.60. The number of hydrogen-bond acceptors (Lipinski definition) is 6. The number of rotatable bonds is 9. The number of carboxylic acids is 1. The maximum Gasteiger partial charge on any atom is 0.344 e. The molecule has 28 heavy (non-hydrogen) atoms. The summed E-state index contributed by atoms with van der Waals surface area (Å²) in [6.07, 6.45) is 0.260. The van der Waals surface area contributed by atoms with Gasteiger partial charge >= 0.3 is 5.97 Å². The standard InChI is InChI=1S/C19H19IN2O6/c1-12(19(24)25)28-18-13(6-5-9-16(18)26-2)10-21-22-17(23)11-27-15-8-4-3-7-14(15)20/h3-10,12H,11H2,1-2H3,(H,22,23)(H,24,25)/b21-10+/t12-/m1/s1. The van der Waals surface area contributed by atoms with Crippen molar-refractivity contribution in [3.05, 3.63) is 51.6 Å². The van der Waals surface area contributed by atoms with E-state index in [4.69, 9.17) is 19.3 Å². The number of carboxylic acid groups (broad SMARTS) is 1. The van der Waals surface area contributed by atoms with Crippen molar-refractivity contribution in [3.63, 3.8) is 0 Å². The summed E-state index contributed by atoms with van der Waals surface area (Å²) < 4.78 is 17.0. The van der Waals surface area contributed by atoms with Gasteiger partial charge in [-0.25, -0.2) is 10.2 Å². The molecule has 0 saturated carbocycles. The normalized spacial score (nSPS) is 11.7. The van der Waals surface area contributed by atoms with Crippen LogP contribution in [0, 0.1) is 3.57 Å². The highest BCUT2D eigenvalue weighted by Gasteiger charge is 2.18. The number of nitrogens with zero attached hydrogens (tertiary/aromatic N) is 1. The van der Waals surface area contributed by atoms with Gasteiger partial charge in [0, 0.05) is 5.56 Å². The van der Waals surface area contributed by atoms with Crippen molar-refractivity contribution < 1.29 is 28.9 Å². The molecule has 0 aliphatic rings. The van der Waals surface area contributed by atoms with E-state index in [0.717, 1.165) is 3.57 Å². The predicted octanol–water partition coefficient (Wildman–Crippen LogP) is 2.68. The SMILES string of the molecule is COc1cccc(/C=N/NC(=O)COc2ccccc2I)c1O[C@H](C)C(=O)O. The number of carbonyl (C=O) groups excluding carboxylic acids is 1. The molecule has 0 saturated heterocycles. The average molecular weight is 498 g/mol. The summed E-state index contributed by atoms with van der Waals surface area (Å²) in [7, 11) is 1.44. The molecule has 148 valence electrons. The van der Waals surface area contributed by atoms with Crippen LogP contribution in [0.1, 0.15) is 12.5 Å². The largest absolute Gasteiger partial charge is 0.493 e. The number of nitrogens with one attached hydrogen (secondary N) is 1. The number of ether oxygens (including phenoxy) is 3. The highest BCUT2D eigenvalue weighted by Crippen LogP contribution is 2.31. The fourth-order valence-electron chi connectivity index (χ4n) is 2.06. The van der Waals surface area contributed by atoms with Crippen LogP contribution in [0.25, 0.3) is 0 Å². The molecule has 2 aromatic carbocycles. The van der Waals surface area contributed by atoms with E-state index < -0.39 is 18.0 Å². The molecule has 0 heterocycles. The Bertz CT molecular complexity index is 871. The first-order chi connectivity index (χ1) is 13.4. The highest BCUT2D eigenvalue weighted by molar-refractivity contribution is 14.1. The van der Waals surface area contributed by atoms with Gasteiger partial charge in [0.15, 0.2) is 24.2 Å². The van der Waals surface area contributed by atoms with E-state index in [1.54, 1.807) is 24.3 Å². The molecular weight excluding hydrogens is 479 g/mol. The third kappa shape index (κ3) is 6.12. The number of hydrogen-bond donors (Lipinski definition) is 2. The van der Waals surface area contributed by atoms with Gasteiger partial charge in [0.2, 0.25) is 0 Å². The van der Waals surface area contributed by atoms with Crippen molar-refractivity contribution >= 4 is 40.7 Å². The van der Waals surface area contributed by atoms with Crippen molar-refractivity contribution in [2.45, 2.75) is 13.0 Å². The number of benzene rings is 2. The maximum atomic E-state index is 11.9. The van der Waals surface area contributed by atoms with Crippen LogP contribution in [-0.4, -0.2) is 43.0 Å². The number of aliphatic carboxylic acids is 1. The van der Waals surface area contributed by atoms with Crippen LogP contribution in [0.3, 0.4) is 0 Å². The number of amides is 1. The topological polar surface area (TPSA) is 106 Å². The van der Waals surface area contributed by atoms with Crippen molar-refractivity contribution in [3.8, 4) is 17.2 Å². The monoisotopic (exact) mass is 498 g/mol. The summed E-state index contributed by atoms with van der Waals surface area (Å²) in [5, 5.41) is 12.9. The van der Waals surface area contributed by atoms with E-state index in [1.807, 2.05) is 18.2 Å². The maximum absolute atomic E-state index is 11.9. The summed E-state index contributed by atoms with van der Waals surface area (Å²) >= 11 is 2.11. The fraction of sp³-hybridized carbons (Fsp3) is 0.211. The minimum Gasteiger partial charge on any atom is -0.493 e. The van der Waals surface area contributed by atoms with Crippen molar-refractivity contribution in [2.24, 2.45) is 5.10 Å². The summed E-state index contributed by atoms with van der Waals surface area (Å²) in [5.41, 5.74) is 2.80. The summed E-state index contributed by atoms with van der Waals surface area (Å²) in [6.45, 7) is 1.20. The summed E-state index contributed by atoms with van der Waals surface area (Å²) in [4.78, 5) is 23.0. The van der Waals surface area contributed by atoms with Crippen LogP contribution in [0.5, 0.6) is 17.2 Å². The molecule has 2 aromatic rings. The van der Waals surface area contributed by atoms with E-state index in [-0.39, 0.29) is 12.4 Å². The molecule has 0 aromatic heterocycles. The molecule has 2 N–H and O–H groups in total. The number of hydrazone groups is 1. The quantitative estimate of drug-likeness (QED) is 0.313. The zero-order chi connectivity index (χ0) is 20.5. The molecule has 0 fully saturated rings. The van der Waals surface area contributed by atoms with Gasteiger partial charge in [0.25, 0.3) is 5.91 Å². The van der Waals surface area contributed by atoms with Gasteiger partial charge in [-0.2, -0.15) is 5.10 Å². The van der Waals surface area contributed by atoms with Crippen LogP contribution >= 0.6 is 22.6 Å². The van der Waals surface area contributed by atoms with Crippen LogP contribution in [0.4, 0.5) is 0 Å². The van der Waals surface area contributed by atoms with Crippen LogP contribution in [0.15, 0.2) is 47.6 Å². The lowest BCUT2D eigenvalue weighted by Gasteiger charge is -2.15. The van der Waals surface area contributed by atoms with Crippen LogP contribution in [-0.2, 0) is 9.59 Å². The first-order valence-electron chi connectivity index (χ1n) is 8.18. The molecule has 9 heteroatoms. The molecule has 0 unspecified atom stereocenters. The molecule has 0 bridgehead atoms. The third-order valence-electron chi connectivity index (χ3n) is 3.46. The lowest BCUT2D eigenvalue weighted by molar-refractivity contribution is -0.144. The van der Waals surface area contributed by atoms with Crippen molar-refractivity contribution in [2.75, 3.05) is 13.7 Å². The highest BCUT2D eigenvalue weighted by atomic mass is 127. The number of carbonyl (C=O) groups is 2. The minimum absolute atomic E-state index is 0.200. The molecule has 0 spiro atoms. The van der Waals surface area contributed by atoms with Crippen molar-refractivity contribution in [1.29, 1.82) is 0 Å². The first kappa shape index (κ1) is 21.5. The Balaban J connectivity index is 2.02. The van der Waals surface area contributed by atoms with E-state index in [9.17, 15) is 9.59 Å². The predicted molar refractivity (Wildman–Crippen MR) is 111 cm³/mol. The second-order valence-corrected chi connectivity index (χ2v) is 6.65. The average Bonchev–Trinajstić information content (AvgIpc) is 2.68. The van der Waals surface area contributed by atoms with E-state index in [1.165, 1.54) is 20.2 Å². The Morgan fingerprint density at radius 2 is 1.93 bits per heavy atom. The first-order valence-corrected chi connectivity index (χ1v) is 9.26. The Morgan fingerprint density at radius 3 is 2.61 bits per heavy atom. The molecule has 1 amide bonds. The number of methoxy groups -OCH3 is 1. The molecule has 0 aliphatic heterocycles. The molecule has 2 rings (SSSR count). The smallest absolute Gasteiger partial charge is 0.344 e. The minimum atomic E-state index is -1.12. The second-order valence-electron chi connectivity index (χ2n) is 5.49. The molecule has 0 aliphatic carbocycles. The summed E-state index contributed by atoms with van der Waals surface area (Å²) in [6, 6.07) is 12.3. The number of para-hydroxylation sites is 2. The van der Waals surface area contributed by atoms with Crippen LogP contribution < -0.4 is 19.6 Å². The van der Waals surface area contributed by atoms with E-state index >= 15 is 0 Å². The zero-order valence-electron chi connectivity index (χ0n) is 15.2. The Hall–Kier alpha value is -2.82. The second kappa shape index (κ2) is 10.5. The van der Waals surface area contributed by atoms with Gasteiger partial charge in [0.05, 0.1) is 16.9 Å². The molecule has 0 radical (unpaired) electrons. The van der Waals surface area contributed by atoms with Crippen LogP contribution in [0.2, 0.25) is 0 Å². The Morgan fingerprint density at radius 1 is 1.21 bits per heavy atom. The van der Waals surface area contributed by atoms with Gasteiger partial charge in [-0.15, -0.1) is 0 Å². The lowest BCUT2D eigenvalue weighted by Crippen LogP contribution is -2.25. The molecular formula is C19H19IN2O6. The van der Waals surface area contributed by atoms with Gasteiger partial charge in [0.1, 0.15) is 5.75 Å². The van der Waals surface area contributed by atoms with Gasteiger partial charge < -0.3 is 19.3 Å². The Kier molecular flexibility index (Phi) is 8.05. The van der Waals surface area contributed by atoms with Gasteiger partial charge in [-0.05, 0) is 53.8 Å². The Labute approximate surface area is 175 Å². The van der Waals surface area contributed by atoms with Gasteiger partial charge in [-0.1, -0.05) is 18.2 Å². The van der Waals surface area contributed by atoms with E-state index in [2.05, 4.69) is 33.1 Å². The molecule has 1 atom stereocenters. The zero-order valence-corrected chi connectivity index (χ0v) is 17.4. The lowest BCUT2D eigenvalue weighted by atomic mass is 10.2. The summed E-state index contributed by atoms with van der Waals surface area (Å²) in [5.74, 6) is -0.387.